The monoisotopic (exact) mass is 434 g/mol. The first-order valence-electron chi connectivity index (χ1n) is 9.83. The molecule has 1 unspecified atom stereocenters. The van der Waals surface area contributed by atoms with Gasteiger partial charge in [0.1, 0.15) is 11.6 Å². The second kappa shape index (κ2) is 9.69. The molecule has 1 aromatic heterocycles. The Morgan fingerprint density at radius 2 is 1.59 bits per heavy atom. The molecule has 1 atom stereocenters. The van der Waals surface area contributed by atoms with Crippen molar-refractivity contribution in [2.75, 3.05) is 0 Å². The Labute approximate surface area is 183 Å². The highest BCUT2D eigenvalue weighted by Gasteiger charge is 2.28. The maximum Gasteiger partial charge on any atom is 0.326 e. The summed E-state index contributed by atoms with van der Waals surface area (Å²) in [5.74, 6) is -2.91. The fraction of sp³-hybridized carbons (Fsp3) is 0.174. The van der Waals surface area contributed by atoms with Crippen molar-refractivity contribution in [3.63, 3.8) is 0 Å². The first-order valence-corrected chi connectivity index (χ1v) is 9.83. The van der Waals surface area contributed by atoms with Gasteiger partial charge in [-0.2, -0.15) is 5.10 Å². The molecule has 0 fully saturated rings. The van der Waals surface area contributed by atoms with E-state index in [9.17, 15) is 24.3 Å². The molecule has 0 saturated heterocycles. The second-order valence-corrected chi connectivity index (χ2v) is 7.13. The van der Waals surface area contributed by atoms with Crippen LogP contribution in [0.25, 0.3) is 22.4 Å². The van der Waals surface area contributed by atoms with Crippen LogP contribution in [-0.4, -0.2) is 38.7 Å². The molecule has 9 nitrogen and oxygen atoms in total. The summed E-state index contributed by atoms with van der Waals surface area (Å²) < 4.78 is 1.04. The minimum absolute atomic E-state index is 0.200. The SMILES string of the molecule is Cn1nc(-c2ccccc2)c(-c2ccccc2)c(C(=O)NC(CCC(N)=O)C(=O)O)c1=O. The molecular weight excluding hydrogens is 412 g/mol. The largest absolute Gasteiger partial charge is 0.480 e. The Kier molecular flexibility index (Phi) is 6.79. The number of hydrogen-bond acceptors (Lipinski definition) is 5. The molecule has 4 N–H and O–H groups in total. The average molecular weight is 434 g/mol. The van der Waals surface area contributed by atoms with Crippen LogP contribution in [-0.2, 0) is 16.6 Å². The number of aliphatic carboxylic acids is 1. The Hall–Kier alpha value is -4.27. The summed E-state index contributed by atoms with van der Waals surface area (Å²) in [7, 11) is 1.42. The number of nitrogens with two attached hydrogens (primary N) is 1. The zero-order valence-electron chi connectivity index (χ0n) is 17.3. The van der Waals surface area contributed by atoms with Gasteiger partial charge in [-0.1, -0.05) is 60.7 Å². The van der Waals surface area contributed by atoms with Gasteiger partial charge in [-0.25, -0.2) is 9.48 Å². The summed E-state index contributed by atoms with van der Waals surface area (Å²) >= 11 is 0. The lowest BCUT2D eigenvalue weighted by molar-refractivity contribution is -0.139. The van der Waals surface area contributed by atoms with Crippen molar-refractivity contribution in [3.8, 4) is 22.4 Å². The van der Waals surface area contributed by atoms with Gasteiger partial charge in [-0.15, -0.1) is 0 Å². The molecule has 0 spiro atoms. The lowest BCUT2D eigenvalue weighted by Gasteiger charge is -2.18. The number of hydrogen-bond donors (Lipinski definition) is 3. The minimum Gasteiger partial charge on any atom is -0.480 e. The molecule has 2 aromatic carbocycles. The van der Waals surface area contributed by atoms with Crippen molar-refractivity contribution in [2.45, 2.75) is 18.9 Å². The van der Waals surface area contributed by atoms with Gasteiger partial charge in [0.15, 0.2) is 0 Å². The van der Waals surface area contributed by atoms with E-state index in [4.69, 9.17) is 5.73 Å². The number of carbonyl (C=O) groups excluding carboxylic acids is 2. The number of carboxylic acid groups (broad SMARTS) is 1. The fourth-order valence-electron chi connectivity index (χ4n) is 3.30. The third-order valence-corrected chi connectivity index (χ3v) is 4.86. The molecular formula is C23H22N4O5. The number of carboxylic acids is 1. The van der Waals surface area contributed by atoms with Crippen molar-refractivity contribution < 1.29 is 19.5 Å². The van der Waals surface area contributed by atoms with Crippen LogP contribution in [0.3, 0.4) is 0 Å². The highest BCUT2D eigenvalue weighted by molar-refractivity contribution is 6.04. The van der Waals surface area contributed by atoms with Gasteiger partial charge in [0.25, 0.3) is 11.5 Å². The van der Waals surface area contributed by atoms with Crippen LogP contribution in [0.1, 0.15) is 23.2 Å². The van der Waals surface area contributed by atoms with E-state index in [1.807, 2.05) is 6.07 Å². The van der Waals surface area contributed by atoms with Crippen molar-refractivity contribution in [1.82, 2.24) is 15.1 Å². The summed E-state index contributed by atoms with van der Waals surface area (Å²) in [5.41, 5.74) is 6.13. The highest BCUT2D eigenvalue weighted by atomic mass is 16.4. The van der Waals surface area contributed by atoms with E-state index in [-0.39, 0.29) is 24.0 Å². The number of nitrogens with zero attached hydrogens (tertiary/aromatic N) is 2. The standard InChI is InChI=1S/C23H22N4O5/c1-27-22(30)19(21(29)25-16(23(31)32)12-13-17(24)28)18(14-8-4-2-5-9-14)20(26-27)15-10-6-3-7-11-15/h2-11,16H,12-13H2,1H3,(H2,24,28)(H,25,29)(H,31,32). The van der Waals surface area contributed by atoms with E-state index in [1.54, 1.807) is 54.6 Å². The van der Waals surface area contributed by atoms with Crippen molar-refractivity contribution in [3.05, 3.63) is 76.6 Å². The number of benzene rings is 2. The molecule has 2 amide bonds. The van der Waals surface area contributed by atoms with E-state index in [0.717, 1.165) is 4.68 Å². The average Bonchev–Trinajstić information content (AvgIpc) is 2.78. The van der Waals surface area contributed by atoms with E-state index in [2.05, 4.69) is 10.4 Å². The van der Waals surface area contributed by atoms with Gasteiger partial charge in [-0.05, 0) is 12.0 Å². The summed E-state index contributed by atoms with van der Waals surface area (Å²) in [6.45, 7) is 0. The number of nitrogens with one attached hydrogen (secondary N) is 1. The second-order valence-electron chi connectivity index (χ2n) is 7.13. The Balaban J connectivity index is 2.19. The van der Waals surface area contributed by atoms with Gasteiger partial charge in [0.05, 0.1) is 5.69 Å². The molecule has 0 aliphatic rings. The van der Waals surface area contributed by atoms with E-state index in [1.165, 1.54) is 7.05 Å². The summed E-state index contributed by atoms with van der Waals surface area (Å²) in [5, 5.41) is 16.2. The Bertz CT molecular complexity index is 1210. The predicted molar refractivity (Wildman–Crippen MR) is 118 cm³/mol. The molecule has 0 aliphatic carbocycles. The number of amides is 2. The van der Waals surface area contributed by atoms with E-state index < -0.39 is 29.4 Å². The number of primary amides is 1. The Morgan fingerprint density at radius 1 is 1.03 bits per heavy atom. The van der Waals surface area contributed by atoms with Crippen LogP contribution >= 0.6 is 0 Å². The zero-order valence-corrected chi connectivity index (χ0v) is 17.3. The summed E-state index contributed by atoms with van der Waals surface area (Å²) in [4.78, 5) is 48.9. The normalized spacial score (nSPS) is 11.5. The van der Waals surface area contributed by atoms with Crippen molar-refractivity contribution >= 4 is 17.8 Å². The van der Waals surface area contributed by atoms with Crippen LogP contribution in [0.2, 0.25) is 0 Å². The maximum atomic E-state index is 13.2. The molecule has 0 saturated carbocycles. The van der Waals surface area contributed by atoms with Gasteiger partial charge in [0.2, 0.25) is 5.91 Å². The molecule has 0 bridgehead atoms. The highest BCUT2D eigenvalue weighted by Crippen LogP contribution is 2.31. The van der Waals surface area contributed by atoms with Crippen LogP contribution in [0.5, 0.6) is 0 Å². The third-order valence-electron chi connectivity index (χ3n) is 4.86. The fourth-order valence-corrected chi connectivity index (χ4v) is 3.30. The van der Waals surface area contributed by atoms with Gasteiger partial charge in [-0.3, -0.25) is 14.4 Å². The van der Waals surface area contributed by atoms with Crippen LogP contribution in [0.4, 0.5) is 0 Å². The number of aryl methyl sites for hydroxylation is 1. The number of rotatable bonds is 8. The molecule has 1 heterocycles. The maximum absolute atomic E-state index is 13.2. The van der Waals surface area contributed by atoms with Gasteiger partial charge < -0.3 is 16.2 Å². The smallest absolute Gasteiger partial charge is 0.326 e. The van der Waals surface area contributed by atoms with Gasteiger partial charge in [0, 0.05) is 24.6 Å². The molecule has 32 heavy (non-hydrogen) atoms. The quantitative estimate of drug-likeness (QED) is 0.491. The minimum atomic E-state index is -1.39. The summed E-state index contributed by atoms with van der Waals surface area (Å²) in [6, 6.07) is 16.4. The van der Waals surface area contributed by atoms with E-state index in [0.29, 0.717) is 16.8 Å². The molecule has 3 rings (SSSR count). The Morgan fingerprint density at radius 3 is 2.12 bits per heavy atom. The third kappa shape index (κ3) is 4.89. The van der Waals surface area contributed by atoms with Crippen LogP contribution < -0.4 is 16.6 Å². The first-order chi connectivity index (χ1) is 15.3. The van der Waals surface area contributed by atoms with E-state index >= 15 is 0 Å². The number of aromatic nitrogens is 2. The van der Waals surface area contributed by atoms with Gasteiger partial charge >= 0.3 is 5.97 Å². The molecule has 3 aromatic rings. The molecule has 164 valence electrons. The topological polar surface area (TPSA) is 144 Å². The molecule has 0 aliphatic heterocycles. The predicted octanol–water partition coefficient (Wildman–Crippen LogP) is 1.56. The molecule has 9 heteroatoms. The zero-order chi connectivity index (χ0) is 23.3. The van der Waals surface area contributed by atoms with Crippen LogP contribution in [0.15, 0.2) is 65.5 Å². The lowest BCUT2D eigenvalue weighted by Crippen LogP contribution is -2.44. The van der Waals surface area contributed by atoms with Crippen molar-refractivity contribution in [1.29, 1.82) is 0 Å². The number of carbonyl (C=O) groups is 3. The van der Waals surface area contributed by atoms with Crippen molar-refractivity contribution in [2.24, 2.45) is 12.8 Å². The lowest BCUT2D eigenvalue weighted by atomic mass is 9.95. The van der Waals surface area contributed by atoms with Crippen LogP contribution in [0, 0.1) is 0 Å². The molecule has 0 radical (unpaired) electrons. The first kappa shape index (κ1) is 22.4. The summed E-state index contributed by atoms with van der Waals surface area (Å²) in [6.07, 6.45) is -0.430.